The fourth-order valence-corrected chi connectivity index (χ4v) is 2.98. The van der Waals surface area contributed by atoms with Crippen LogP contribution in [0.1, 0.15) is 16.7 Å². The first kappa shape index (κ1) is 17.9. The van der Waals surface area contributed by atoms with Gasteiger partial charge in [0.25, 0.3) is 5.91 Å². The number of hydroxylamine groups is 1. The number of nitrogens with one attached hydrogen (secondary N) is 2. The van der Waals surface area contributed by atoms with Gasteiger partial charge in [0, 0.05) is 36.3 Å². The smallest absolute Gasteiger partial charge is 0.267 e. The lowest BCUT2D eigenvalue weighted by Crippen LogP contribution is -2.20. The summed E-state index contributed by atoms with van der Waals surface area (Å²) in [6.07, 6.45) is 6.05. The molecule has 0 saturated carbocycles. The summed E-state index contributed by atoms with van der Waals surface area (Å²) in [4.78, 5) is 16.6. The Morgan fingerprint density at radius 2 is 1.96 bits per heavy atom. The summed E-state index contributed by atoms with van der Waals surface area (Å²) in [5, 5.41) is 9.77. The highest BCUT2D eigenvalue weighted by molar-refractivity contribution is 5.90. The molecule has 3 aromatic rings. The van der Waals surface area contributed by atoms with E-state index in [1.807, 2.05) is 18.2 Å². The maximum Gasteiger partial charge on any atom is 0.267 e. The van der Waals surface area contributed by atoms with Gasteiger partial charge < -0.3 is 9.88 Å². The van der Waals surface area contributed by atoms with Crippen molar-refractivity contribution in [2.75, 3.05) is 13.6 Å². The predicted octanol–water partition coefficient (Wildman–Crippen LogP) is 3.36. The Labute approximate surface area is 152 Å². The second-order valence-corrected chi connectivity index (χ2v) is 6.40. The zero-order valence-electron chi connectivity index (χ0n) is 14.8. The van der Waals surface area contributed by atoms with E-state index in [1.54, 1.807) is 11.6 Å². The Morgan fingerprint density at radius 1 is 1.19 bits per heavy atom. The molecule has 0 bridgehead atoms. The summed E-state index contributed by atoms with van der Waals surface area (Å²) in [7, 11) is 2.12. The van der Waals surface area contributed by atoms with Crippen LogP contribution < -0.4 is 5.48 Å². The van der Waals surface area contributed by atoms with E-state index >= 15 is 0 Å². The Kier molecular flexibility index (Phi) is 5.84. The van der Waals surface area contributed by atoms with Gasteiger partial charge in [0.05, 0.1) is 0 Å². The molecule has 3 N–H and O–H groups in total. The van der Waals surface area contributed by atoms with Crippen LogP contribution in [0.2, 0.25) is 0 Å². The number of likely N-dealkylation sites (N-methyl/N-ethyl adjacent to an activating group) is 1. The molecule has 0 radical (unpaired) electrons. The van der Waals surface area contributed by atoms with Crippen molar-refractivity contribution < 1.29 is 10.0 Å². The molecule has 5 heteroatoms. The molecule has 26 heavy (non-hydrogen) atoms. The van der Waals surface area contributed by atoms with Gasteiger partial charge in [0.2, 0.25) is 0 Å². The summed E-state index contributed by atoms with van der Waals surface area (Å²) < 4.78 is 0. The Balaban J connectivity index is 1.54. The number of carbonyl (C=O) groups is 1. The molecule has 1 amide bonds. The molecule has 0 fully saturated rings. The van der Waals surface area contributed by atoms with Crippen molar-refractivity contribution in [3.8, 4) is 0 Å². The van der Waals surface area contributed by atoms with Gasteiger partial charge in [-0.15, -0.1) is 0 Å². The molecule has 0 atom stereocenters. The number of aromatic nitrogens is 1. The minimum absolute atomic E-state index is 0.536. The van der Waals surface area contributed by atoms with Crippen LogP contribution in [0.3, 0.4) is 0 Å². The lowest BCUT2D eigenvalue weighted by molar-refractivity contribution is -0.124. The van der Waals surface area contributed by atoms with Gasteiger partial charge in [-0.3, -0.25) is 10.0 Å². The van der Waals surface area contributed by atoms with Crippen LogP contribution in [0.15, 0.2) is 60.8 Å². The van der Waals surface area contributed by atoms with Crippen molar-refractivity contribution in [2.45, 2.75) is 13.0 Å². The maximum absolute atomic E-state index is 11.0. The van der Waals surface area contributed by atoms with Crippen LogP contribution >= 0.6 is 0 Å². The largest absolute Gasteiger partial charge is 0.361 e. The van der Waals surface area contributed by atoms with Crippen molar-refractivity contribution in [2.24, 2.45) is 0 Å². The summed E-state index contributed by atoms with van der Waals surface area (Å²) >= 11 is 0. The monoisotopic (exact) mass is 349 g/mol. The molecule has 0 spiro atoms. The van der Waals surface area contributed by atoms with Crippen molar-refractivity contribution in [1.82, 2.24) is 15.4 Å². The molecular weight excluding hydrogens is 326 g/mol. The Bertz CT molecular complexity index is 897. The number of para-hydroxylation sites is 1. The van der Waals surface area contributed by atoms with Crippen LogP contribution in [0.4, 0.5) is 0 Å². The topological polar surface area (TPSA) is 68.4 Å². The van der Waals surface area contributed by atoms with E-state index in [-0.39, 0.29) is 0 Å². The van der Waals surface area contributed by atoms with E-state index < -0.39 is 5.91 Å². The molecule has 0 aliphatic carbocycles. The highest BCUT2D eigenvalue weighted by Gasteiger charge is 2.05. The highest BCUT2D eigenvalue weighted by Crippen LogP contribution is 2.18. The molecule has 1 aromatic heterocycles. The van der Waals surface area contributed by atoms with E-state index in [0.717, 1.165) is 25.1 Å². The second kappa shape index (κ2) is 8.47. The zero-order chi connectivity index (χ0) is 18.4. The summed E-state index contributed by atoms with van der Waals surface area (Å²) in [5.74, 6) is -0.536. The third-order valence-electron chi connectivity index (χ3n) is 4.41. The molecule has 134 valence electrons. The molecule has 0 aliphatic heterocycles. The van der Waals surface area contributed by atoms with Gasteiger partial charge >= 0.3 is 0 Å². The first-order valence-corrected chi connectivity index (χ1v) is 8.60. The van der Waals surface area contributed by atoms with Crippen molar-refractivity contribution in [3.63, 3.8) is 0 Å². The number of amides is 1. The summed E-state index contributed by atoms with van der Waals surface area (Å²) in [5.41, 5.74) is 6.23. The normalized spacial score (nSPS) is 11.5. The standard InChI is InChI=1S/C21H23N3O2/c1-24(13-12-18-14-22-20-5-3-2-4-19(18)20)15-17-8-6-16(7-9-17)10-11-21(25)23-26/h2-11,14,22,26H,12-13,15H2,1H3,(H,23,25). The molecule has 0 aliphatic rings. The average Bonchev–Trinajstić information content (AvgIpc) is 3.09. The number of H-pyrrole nitrogens is 1. The number of carbonyl (C=O) groups excluding carboxylic acids is 1. The minimum Gasteiger partial charge on any atom is -0.361 e. The number of benzene rings is 2. The van der Waals surface area contributed by atoms with E-state index in [2.05, 4.69) is 53.5 Å². The molecule has 5 nitrogen and oxygen atoms in total. The fraction of sp³-hybridized carbons (Fsp3) is 0.190. The van der Waals surface area contributed by atoms with Gasteiger partial charge in [-0.1, -0.05) is 42.5 Å². The highest BCUT2D eigenvalue weighted by atomic mass is 16.5. The van der Waals surface area contributed by atoms with Crippen LogP contribution in [-0.4, -0.2) is 34.6 Å². The number of rotatable bonds is 7. The van der Waals surface area contributed by atoms with Crippen molar-refractivity contribution in [1.29, 1.82) is 0 Å². The third-order valence-corrected chi connectivity index (χ3v) is 4.41. The van der Waals surface area contributed by atoms with Gasteiger partial charge in [-0.25, -0.2) is 5.48 Å². The number of fused-ring (bicyclic) bond motifs is 1. The van der Waals surface area contributed by atoms with E-state index in [9.17, 15) is 4.79 Å². The lowest BCUT2D eigenvalue weighted by atomic mass is 10.1. The van der Waals surface area contributed by atoms with Gasteiger partial charge in [-0.05, 0) is 42.3 Å². The molecule has 0 unspecified atom stereocenters. The van der Waals surface area contributed by atoms with Crippen LogP contribution in [-0.2, 0) is 17.8 Å². The summed E-state index contributed by atoms with van der Waals surface area (Å²) in [6, 6.07) is 16.4. The van der Waals surface area contributed by atoms with Gasteiger partial charge in [-0.2, -0.15) is 0 Å². The fourth-order valence-electron chi connectivity index (χ4n) is 2.98. The number of hydrogen-bond acceptors (Lipinski definition) is 3. The molecule has 3 rings (SSSR count). The zero-order valence-corrected chi connectivity index (χ0v) is 14.8. The lowest BCUT2D eigenvalue weighted by Gasteiger charge is -2.16. The van der Waals surface area contributed by atoms with Crippen molar-refractivity contribution in [3.05, 3.63) is 77.5 Å². The van der Waals surface area contributed by atoms with E-state index in [4.69, 9.17) is 5.21 Å². The van der Waals surface area contributed by atoms with E-state index in [1.165, 1.54) is 28.1 Å². The van der Waals surface area contributed by atoms with Crippen LogP contribution in [0.5, 0.6) is 0 Å². The Hall–Kier alpha value is -2.89. The van der Waals surface area contributed by atoms with Crippen LogP contribution in [0, 0.1) is 0 Å². The SMILES string of the molecule is CN(CCc1c[nH]c2ccccc12)Cc1ccc(C=CC(=O)NO)cc1. The molecule has 1 heterocycles. The maximum atomic E-state index is 11.0. The average molecular weight is 349 g/mol. The minimum atomic E-state index is -0.536. The summed E-state index contributed by atoms with van der Waals surface area (Å²) in [6.45, 7) is 1.84. The van der Waals surface area contributed by atoms with Crippen LogP contribution in [0.25, 0.3) is 17.0 Å². The molecular formula is C21H23N3O2. The van der Waals surface area contributed by atoms with Gasteiger partial charge in [0.1, 0.15) is 0 Å². The number of nitrogens with zero attached hydrogens (tertiary/aromatic N) is 1. The second-order valence-electron chi connectivity index (χ2n) is 6.40. The number of aromatic amines is 1. The first-order chi connectivity index (χ1) is 12.7. The van der Waals surface area contributed by atoms with Crippen molar-refractivity contribution >= 4 is 22.9 Å². The number of hydrogen-bond donors (Lipinski definition) is 3. The van der Waals surface area contributed by atoms with Gasteiger partial charge in [0.15, 0.2) is 0 Å². The molecule has 2 aromatic carbocycles. The quantitative estimate of drug-likeness (QED) is 0.348. The first-order valence-electron chi connectivity index (χ1n) is 8.60. The Morgan fingerprint density at radius 3 is 2.73 bits per heavy atom. The predicted molar refractivity (Wildman–Crippen MR) is 104 cm³/mol. The molecule has 0 saturated heterocycles. The third kappa shape index (κ3) is 4.59. The van der Waals surface area contributed by atoms with E-state index in [0.29, 0.717) is 0 Å².